The van der Waals surface area contributed by atoms with Gasteiger partial charge in [0.2, 0.25) is 11.7 Å². The van der Waals surface area contributed by atoms with Crippen LogP contribution in [0, 0.1) is 13.8 Å². The Balaban J connectivity index is 1.71. The summed E-state index contributed by atoms with van der Waals surface area (Å²) >= 11 is 0. The Kier molecular flexibility index (Phi) is 2.82. The van der Waals surface area contributed by atoms with E-state index in [-0.39, 0.29) is 0 Å². The maximum absolute atomic E-state index is 5.39. The third-order valence-electron chi connectivity index (χ3n) is 3.81. The number of hydrogen-bond acceptors (Lipinski definition) is 5. The minimum atomic E-state index is 0.525. The molecule has 0 fully saturated rings. The molecule has 0 unspecified atom stereocenters. The smallest absolute Gasteiger partial charge is 0.231 e. The Morgan fingerprint density at radius 3 is 2.82 bits per heavy atom. The van der Waals surface area contributed by atoms with Gasteiger partial charge < -0.3 is 14.0 Å². The van der Waals surface area contributed by atoms with Gasteiger partial charge in [-0.1, -0.05) is 22.4 Å². The standard InChI is InChI=1S/C16H14N4O2/c1-9-13(10(2)21-19-9)8-15-18-16(20-22-15)12-4-3-5-14-11(12)6-7-17-14/h3-7,17H,8H2,1-2H3. The Labute approximate surface area is 126 Å². The van der Waals surface area contributed by atoms with Crippen molar-refractivity contribution in [3.63, 3.8) is 0 Å². The molecule has 0 spiro atoms. The number of aromatic nitrogens is 4. The molecule has 4 rings (SSSR count). The first-order valence-corrected chi connectivity index (χ1v) is 7.03. The van der Waals surface area contributed by atoms with Gasteiger partial charge in [0.1, 0.15) is 5.76 Å². The van der Waals surface area contributed by atoms with Gasteiger partial charge in [0, 0.05) is 28.2 Å². The fourth-order valence-corrected chi connectivity index (χ4v) is 2.62. The van der Waals surface area contributed by atoms with Crippen LogP contribution in [0.4, 0.5) is 0 Å². The van der Waals surface area contributed by atoms with E-state index in [2.05, 4.69) is 20.3 Å². The minimum absolute atomic E-state index is 0.525. The lowest BCUT2D eigenvalue weighted by Gasteiger charge is -1.96. The van der Waals surface area contributed by atoms with Gasteiger partial charge in [0.25, 0.3) is 0 Å². The summed E-state index contributed by atoms with van der Waals surface area (Å²) < 4.78 is 10.5. The summed E-state index contributed by atoms with van der Waals surface area (Å²) in [7, 11) is 0. The highest BCUT2D eigenvalue weighted by Crippen LogP contribution is 2.26. The van der Waals surface area contributed by atoms with Crippen molar-refractivity contribution in [2.75, 3.05) is 0 Å². The molecule has 0 aliphatic rings. The van der Waals surface area contributed by atoms with Crippen LogP contribution >= 0.6 is 0 Å². The largest absolute Gasteiger partial charge is 0.361 e. The maximum atomic E-state index is 5.39. The van der Waals surface area contributed by atoms with E-state index in [1.807, 2.05) is 44.3 Å². The third kappa shape index (κ3) is 2.00. The molecule has 0 bridgehead atoms. The number of nitrogens with zero attached hydrogens (tertiary/aromatic N) is 3. The van der Waals surface area contributed by atoms with Gasteiger partial charge in [-0.25, -0.2) is 0 Å². The molecule has 6 heteroatoms. The van der Waals surface area contributed by atoms with Gasteiger partial charge in [0.15, 0.2) is 0 Å². The molecule has 3 heterocycles. The van der Waals surface area contributed by atoms with E-state index in [1.165, 1.54) is 0 Å². The number of rotatable bonds is 3. The van der Waals surface area contributed by atoms with E-state index in [4.69, 9.17) is 9.05 Å². The van der Waals surface area contributed by atoms with Crippen LogP contribution in [0.2, 0.25) is 0 Å². The van der Waals surface area contributed by atoms with Gasteiger partial charge in [-0.2, -0.15) is 4.98 Å². The lowest BCUT2D eigenvalue weighted by Crippen LogP contribution is -1.92. The van der Waals surface area contributed by atoms with E-state index < -0.39 is 0 Å². The lowest BCUT2D eigenvalue weighted by molar-refractivity contribution is 0.381. The fraction of sp³-hybridized carbons (Fsp3) is 0.188. The Morgan fingerprint density at radius 1 is 1.09 bits per heavy atom. The minimum Gasteiger partial charge on any atom is -0.361 e. The van der Waals surface area contributed by atoms with E-state index in [0.29, 0.717) is 18.1 Å². The lowest BCUT2D eigenvalue weighted by atomic mass is 10.1. The van der Waals surface area contributed by atoms with Crippen LogP contribution in [0.15, 0.2) is 39.5 Å². The van der Waals surface area contributed by atoms with Crippen LogP contribution in [-0.4, -0.2) is 20.3 Å². The topological polar surface area (TPSA) is 80.7 Å². The van der Waals surface area contributed by atoms with Crippen molar-refractivity contribution in [2.24, 2.45) is 0 Å². The van der Waals surface area contributed by atoms with E-state index in [0.717, 1.165) is 33.5 Å². The highest BCUT2D eigenvalue weighted by atomic mass is 16.5. The summed E-state index contributed by atoms with van der Waals surface area (Å²) in [6.07, 6.45) is 2.43. The van der Waals surface area contributed by atoms with Gasteiger partial charge in [-0.05, 0) is 26.0 Å². The molecule has 3 aromatic heterocycles. The molecule has 0 amide bonds. The summed E-state index contributed by atoms with van der Waals surface area (Å²) in [5, 5.41) is 9.12. The van der Waals surface area contributed by atoms with Crippen molar-refractivity contribution in [3.8, 4) is 11.4 Å². The zero-order chi connectivity index (χ0) is 15.1. The number of aromatic amines is 1. The number of H-pyrrole nitrogens is 1. The summed E-state index contributed by atoms with van der Waals surface area (Å²) in [6.45, 7) is 3.79. The molecule has 0 saturated carbocycles. The van der Waals surface area contributed by atoms with Crippen LogP contribution in [0.5, 0.6) is 0 Å². The summed E-state index contributed by atoms with van der Waals surface area (Å²) in [5.41, 5.74) is 3.85. The van der Waals surface area contributed by atoms with Crippen LogP contribution in [0.25, 0.3) is 22.3 Å². The van der Waals surface area contributed by atoms with Gasteiger partial charge in [-0.3, -0.25) is 0 Å². The van der Waals surface area contributed by atoms with Crippen molar-refractivity contribution in [1.29, 1.82) is 0 Å². The van der Waals surface area contributed by atoms with Crippen LogP contribution < -0.4 is 0 Å². The average molecular weight is 294 g/mol. The maximum Gasteiger partial charge on any atom is 0.231 e. The highest BCUT2D eigenvalue weighted by Gasteiger charge is 2.16. The van der Waals surface area contributed by atoms with Crippen molar-refractivity contribution in [3.05, 3.63) is 53.4 Å². The molecule has 4 aromatic rings. The predicted octanol–water partition coefficient (Wildman–Crippen LogP) is 3.41. The molecule has 0 aliphatic heterocycles. The van der Waals surface area contributed by atoms with Gasteiger partial charge in [0.05, 0.1) is 12.1 Å². The molecule has 0 atom stereocenters. The summed E-state index contributed by atoms with van der Waals surface area (Å²) in [6, 6.07) is 7.98. The number of benzene rings is 1. The molecule has 1 N–H and O–H groups in total. The second kappa shape index (κ2) is 4.84. The van der Waals surface area contributed by atoms with Crippen LogP contribution in [0.3, 0.4) is 0 Å². The second-order valence-corrected chi connectivity index (χ2v) is 5.24. The molecule has 110 valence electrons. The molecular formula is C16H14N4O2. The monoisotopic (exact) mass is 294 g/mol. The highest BCUT2D eigenvalue weighted by molar-refractivity contribution is 5.93. The molecular weight excluding hydrogens is 280 g/mol. The fourth-order valence-electron chi connectivity index (χ4n) is 2.62. The van der Waals surface area contributed by atoms with E-state index in [9.17, 15) is 0 Å². The molecule has 6 nitrogen and oxygen atoms in total. The predicted molar refractivity (Wildman–Crippen MR) is 80.4 cm³/mol. The first-order chi connectivity index (χ1) is 10.7. The normalized spacial score (nSPS) is 11.4. The van der Waals surface area contributed by atoms with Crippen LogP contribution in [0.1, 0.15) is 22.9 Å². The molecule has 0 aliphatic carbocycles. The summed E-state index contributed by atoms with van der Waals surface area (Å²) in [4.78, 5) is 7.69. The molecule has 0 saturated heterocycles. The van der Waals surface area contributed by atoms with Crippen molar-refractivity contribution < 1.29 is 9.05 Å². The van der Waals surface area contributed by atoms with Crippen molar-refractivity contribution in [2.45, 2.75) is 20.3 Å². The Hall–Kier alpha value is -2.89. The van der Waals surface area contributed by atoms with Crippen molar-refractivity contribution in [1.82, 2.24) is 20.3 Å². The SMILES string of the molecule is Cc1noc(C)c1Cc1nc(-c2cccc3[nH]ccc23)no1. The first kappa shape index (κ1) is 12.8. The molecule has 0 radical (unpaired) electrons. The number of nitrogens with one attached hydrogen (secondary N) is 1. The van der Waals surface area contributed by atoms with Crippen molar-refractivity contribution >= 4 is 10.9 Å². The number of aryl methyl sites for hydroxylation is 2. The van der Waals surface area contributed by atoms with Gasteiger partial charge in [-0.15, -0.1) is 0 Å². The summed E-state index contributed by atoms with van der Waals surface area (Å²) in [5.74, 6) is 1.92. The van der Waals surface area contributed by atoms with E-state index >= 15 is 0 Å². The zero-order valence-corrected chi connectivity index (χ0v) is 12.3. The number of hydrogen-bond donors (Lipinski definition) is 1. The third-order valence-corrected chi connectivity index (χ3v) is 3.81. The molecule has 1 aromatic carbocycles. The molecule has 22 heavy (non-hydrogen) atoms. The second-order valence-electron chi connectivity index (χ2n) is 5.24. The quantitative estimate of drug-likeness (QED) is 0.626. The van der Waals surface area contributed by atoms with Gasteiger partial charge >= 0.3 is 0 Å². The average Bonchev–Trinajstić information content (AvgIpc) is 3.23. The van der Waals surface area contributed by atoms with Crippen LogP contribution in [-0.2, 0) is 6.42 Å². The first-order valence-electron chi connectivity index (χ1n) is 7.03. The Morgan fingerprint density at radius 2 is 2.00 bits per heavy atom. The Bertz CT molecular complexity index is 929. The zero-order valence-electron chi connectivity index (χ0n) is 12.3. The van der Waals surface area contributed by atoms with E-state index in [1.54, 1.807) is 0 Å². The number of fused-ring (bicyclic) bond motifs is 1.